The maximum Gasteiger partial charge on any atom is 0.245 e. The van der Waals surface area contributed by atoms with Crippen LogP contribution in [0.2, 0.25) is 0 Å². The molecule has 1 heterocycles. The predicted molar refractivity (Wildman–Crippen MR) is 55.2 cm³/mol. The third-order valence-corrected chi connectivity index (χ3v) is 2.38. The monoisotopic (exact) mass is 214 g/mol. The molecule has 1 saturated heterocycles. The van der Waals surface area contributed by atoms with Crippen molar-refractivity contribution in [3.63, 3.8) is 0 Å². The van der Waals surface area contributed by atoms with E-state index in [1.165, 1.54) is 0 Å². The van der Waals surface area contributed by atoms with E-state index >= 15 is 0 Å². The first-order valence-electron chi connectivity index (χ1n) is 5.11. The van der Waals surface area contributed by atoms with Gasteiger partial charge in [0, 0.05) is 13.7 Å². The molecule has 0 radical (unpaired) electrons. The third-order valence-electron chi connectivity index (χ3n) is 2.38. The highest BCUT2D eigenvalue weighted by Gasteiger charge is 2.29. The minimum absolute atomic E-state index is 0.0162. The van der Waals surface area contributed by atoms with E-state index in [0.29, 0.717) is 13.2 Å². The fourth-order valence-corrected chi connectivity index (χ4v) is 1.74. The lowest BCUT2D eigenvalue weighted by atomic mass is 10.1. The molecule has 2 atom stereocenters. The number of hydrogen-bond acceptors (Lipinski definition) is 3. The molecule has 0 bridgehead atoms. The minimum atomic E-state index is -0.402. The highest BCUT2D eigenvalue weighted by Crippen LogP contribution is 2.06. The van der Waals surface area contributed by atoms with Crippen molar-refractivity contribution in [1.29, 1.82) is 0 Å². The molecule has 1 N–H and O–H groups in total. The highest BCUT2D eigenvalue weighted by molar-refractivity contribution is 5.94. The van der Waals surface area contributed by atoms with Crippen molar-refractivity contribution in [2.75, 3.05) is 26.8 Å². The van der Waals surface area contributed by atoms with Gasteiger partial charge in [0.25, 0.3) is 0 Å². The second kappa shape index (κ2) is 5.11. The molecule has 15 heavy (non-hydrogen) atoms. The van der Waals surface area contributed by atoms with Gasteiger partial charge in [-0.15, -0.1) is 0 Å². The van der Waals surface area contributed by atoms with Crippen LogP contribution in [0.1, 0.15) is 13.8 Å². The van der Waals surface area contributed by atoms with Crippen molar-refractivity contribution in [3.05, 3.63) is 0 Å². The van der Waals surface area contributed by atoms with Crippen LogP contribution in [0.5, 0.6) is 0 Å². The van der Waals surface area contributed by atoms with Gasteiger partial charge in [0.1, 0.15) is 6.04 Å². The van der Waals surface area contributed by atoms with Gasteiger partial charge < -0.3 is 15.0 Å². The summed E-state index contributed by atoms with van der Waals surface area (Å²) < 4.78 is 5.00. The summed E-state index contributed by atoms with van der Waals surface area (Å²) in [5, 5.41) is 2.60. The number of nitrogens with one attached hydrogen (secondary N) is 1. The van der Waals surface area contributed by atoms with Gasteiger partial charge in [0.15, 0.2) is 0 Å². The summed E-state index contributed by atoms with van der Waals surface area (Å²) in [4.78, 5) is 24.5. The van der Waals surface area contributed by atoms with Crippen LogP contribution in [-0.4, -0.2) is 49.6 Å². The second-order valence-electron chi connectivity index (χ2n) is 4.07. The van der Waals surface area contributed by atoms with E-state index in [-0.39, 0.29) is 24.3 Å². The van der Waals surface area contributed by atoms with Crippen LogP contribution in [0, 0.1) is 5.92 Å². The SMILES string of the molecule is COCC(C)CN1CC(=O)NC(C)C1=O. The van der Waals surface area contributed by atoms with Gasteiger partial charge in [-0.2, -0.15) is 0 Å². The Hall–Kier alpha value is -1.10. The molecule has 5 heteroatoms. The molecule has 0 spiro atoms. The average Bonchev–Trinajstić information content (AvgIpc) is 2.13. The molecule has 5 nitrogen and oxygen atoms in total. The Balaban J connectivity index is 2.52. The minimum Gasteiger partial charge on any atom is -0.384 e. The Morgan fingerprint density at radius 3 is 2.87 bits per heavy atom. The number of amides is 2. The molecule has 2 unspecified atom stereocenters. The first kappa shape index (κ1) is 12.0. The fraction of sp³-hybridized carbons (Fsp3) is 0.800. The Morgan fingerprint density at radius 2 is 2.27 bits per heavy atom. The van der Waals surface area contributed by atoms with Gasteiger partial charge in [0.05, 0.1) is 13.2 Å². The standard InChI is InChI=1S/C10H18N2O3/c1-7(6-15-3)4-12-5-9(13)11-8(2)10(12)14/h7-8H,4-6H2,1-3H3,(H,11,13). The molecular formula is C10H18N2O3. The Kier molecular flexibility index (Phi) is 4.08. The highest BCUT2D eigenvalue weighted by atomic mass is 16.5. The molecule has 2 amide bonds. The molecule has 1 aliphatic heterocycles. The van der Waals surface area contributed by atoms with Crippen LogP contribution in [0.15, 0.2) is 0 Å². The van der Waals surface area contributed by atoms with Crippen LogP contribution < -0.4 is 5.32 Å². The molecule has 1 aliphatic rings. The lowest BCUT2D eigenvalue weighted by Gasteiger charge is -2.32. The fourth-order valence-electron chi connectivity index (χ4n) is 1.74. The molecule has 1 fully saturated rings. The summed E-state index contributed by atoms with van der Waals surface area (Å²) in [5.41, 5.74) is 0. The molecular weight excluding hydrogens is 196 g/mol. The zero-order valence-corrected chi connectivity index (χ0v) is 9.45. The number of rotatable bonds is 4. The summed E-state index contributed by atoms with van der Waals surface area (Å²) >= 11 is 0. The lowest BCUT2D eigenvalue weighted by molar-refractivity contribution is -0.144. The van der Waals surface area contributed by atoms with Crippen molar-refractivity contribution in [1.82, 2.24) is 10.2 Å². The van der Waals surface area contributed by atoms with Gasteiger partial charge in [-0.3, -0.25) is 9.59 Å². The Morgan fingerprint density at radius 1 is 1.60 bits per heavy atom. The lowest BCUT2D eigenvalue weighted by Crippen LogP contribution is -2.57. The van der Waals surface area contributed by atoms with Crippen molar-refractivity contribution < 1.29 is 14.3 Å². The quantitative estimate of drug-likeness (QED) is 0.693. The Labute approximate surface area is 89.8 Å². The summed E-state index contributed by atoms with van der Waals surface area (Å²) in [6, 6.07) is -0.402. The van der Waals surface area contributed by atoms with Crippen molar-refractivity contribution >= 4 is 11.8 Å². The van der Waals surface area contributed by atoms with Gasteiger partial charge in [-0.25, -0.2) is 0 Å². The van der Waals surface area contributed by atoms with Gasteiger partial charge in [-0.05, 0) is 12.8 Å². The van der Waals surface area contributed by atoms with Gasteiger partial charge in [0.2, 0.25) is 11.8 Å². The smallest absolute Gasteiger partial charge is 0.245 e. The summed E-state index contributed by atoms with van der Waals surface area (Å²) in [5.74, 6) is 0.140. The average molecular weight is 214 g/mol. The van der Waals surface area contributed by atoms with E-state index in [9.17, 15) is 9.59 Å². The van der Waals surface area contributed by atoms with Crippen LogP contribution in [-0.2, 0) is 14.3 Å². The van der Waals surface area contributed by atoms with Gasteiger partial charge >= 0.3 is 0 Å². The zero-order chi connectivity index (χ0) is 11.4. The number of carbonyl (C=O) groups is 2. The predicted octanol–water partition coefficient (Wildman–Crippen LogP) is -0.384. The molecule has 0 saturated carbocycles. The molecule has 0 aromatic rings. The van der Waals surface area contributed by atoms with Crippen LogP contribution >= 0.6 is 0 Å². The van der Waals surface area contributed by atoms with E-state index in [1.807, 2.05) is 6.92 Å². The van der Waals surface area contributed by atoms with Crippen LogP contribution in [0.4, 0.5) is 0 Å². The molecule has 0 aliphatic carbocycles. The van der Waals surface area contributed by atoms with E-state index in [0.717, 1.165) is 0 Å². The third kappa shape index (κ3) is 3.20. The number of piperazine rings is 1. The number of ether oxygens (including phenoxy) is 1. The number of methoxy groups -OCH3 is 1. The summed E-state index contributed by atoms with van der Waals surface area (Å²) in [6.45, 7) is 5.03. The molecule has 86 valence electrons. The van der Waals surface area contributed by atoms with E-state index in [1.54, 1.807) is 18.9 Å². The van der Waals surface area contributed by atoms with Crippen molar-refractivity contribution in [3.8, 4) is 0 Å². The summed E-state index contributed by atoms with van der Waals surface area (Å²) in [7, 11) is 1.63. The number of carbonyl (C=O) groups excluding carboxylic acids is 2. The molecule has 0 aromatic heterocycles. The second-order valence-corrected chi connectivity index (χ2v) is 4.07. The largest absolute Gasteiger partial charge is 0.384 e. The van der Waals surface area contributed by atoms with E-state index in [4.69, 9.17) is 4.74 Å². The zero-order valence-electron chi connectivity index (χ0n) is 9.45. The normalized spacial score (nSPS) is 23.9. The van der Waals surface area contributed by atoms with E-state index < -0.39 is 6.04 Å². The maximum atomic E-state index is 11.7. The number of hydrogen-bond donors (Lipinski definition) is 1. The molecule has 0 aromatic carbocycles. The first-order valence-corrected chi connectivity index (χ1v) is 5.11. The van der Waals surface area contributed by atoms with Crippen molar-refractivity contribution in [2.24, 2.45) is 5.92 Å². The Bertz CT molecular complexity index is 255. The van der Waals surface area contributed by atoms with E-state index in [2.05, 4.69) is 5.32 Å². The van der Waals surface area contributed by atoms with Gasteiger partial charge in [-0.1, -0.05) is 6.92 Å². The van der Waals surface area contributed by atoms with Crippen LogP contribution in [0.25, 0.3) is 0 Å². The summed E-state index contributed by atoms with van der Waals surface area (Å²) in [6.07, 6.45) is 0. The topological polar surface area (TPSA) is 58.6 Å². The molecule has 1 rings (SSSR count). The maximum absolute atomic E-state index is 11.7. The number of nitrogens with zero attached hydrogens (tertiary/aromatic N) is 1. The van der Waals surface area contributed by atoms with Crippen molar-refractivity contribution in [2.45, 2.75) is 19.9 Å². The first-order chi connectivity index (χ1) is 7.04. The van der Waals surface area contributed by atoms with Crippen LogP contribution in [0.3, 0.4) is 0 Å².